The highest BCUT2D eigenvalue weighted by Gasteiger charge is 2.39. The molecule has 0 spiro atoms. The van der Waals surface area contributed by atoms with Crippen LogP contribution in [0.25, 0.3) is 11.2 Å². The third kappa shape index (κ3) is 5.05. The van der Waals surface area contributed by atoms with Crippen LogP contribution in [0.5, 0.6) is 0 Å². The summed E-state index contributed by atoms with van der Waals surface area (Å²) in [6.45, 7) is 4.57. The summed E-state index contributed by atoms with van der Waals surface area (Å²) >= 11 is 6.29. The monoisotopic (exact) mass is 533 g/mol. The Kier molecular flexibility index (Phi) is 7.01. The first-order valence-electron chi connectivity index (χ1n) is 11.0. The average Bonchev–Trinajstić information content (AvgIpc) is 3.39. The molecule has 0 bridgehead atoms. The molecule has 3 aromatic rings. The number of benzene rings is 1. The zero-order chi connectivity index (χ0) is 26.2. The molecule has 0 aliphatic carbocycles. The van der Waals surface area contributed by atoms with Gasteiger partial charge in [0.25, 0.3) is 10.0 Å². The molecule has 0 saturated carbocycles. The van der Waals surface area contributed by atoms with E-state index >= 15 is 0 Å². The molecule has 190 valence electrons. The summed E-state index contributed by atoms with van der Waals surface area (Å²) in [4.78, 5) is 46.1. The van der Waals surface area contributed by atoms with Crippen molar-refractivity contribution in [3.05, 3.63) is 52.9 Å². The second-order valence-electron chi connectivity index (χ2n) is 8.50. The van der Waals surface area contributed by atoms with Gasteiger partial charge in [0.15, 0.2) is 5.65 Å². The van der Waals surface area contributed by atoms with E-state index in [0.717, 1.165) is 9.54 Å². The van der Waals surface area contributed by atoms with Crippen molar-refractivity contribution in [2.45, 2.75) is 50.8 Å². The van der Waals surface area contributed by atoms with Gasteiger partial charge in [-0.05, 0) is 19.1 Å². The fourth-order valence-corrected chi connectivity index (χ4v) is 5.66. The Hall–Kier alpha value is -3.51. The molecule has 2 amide bonds. The molecule has 1 N–H and O–H groups in total. The first-order chi connectivity index (χ1) is 17.0. The number of nitrogens with zero attached hydrogens (tertiary/aromatic N) is 4. The fourth-order valence-electron chi connectivity index (χ4n) is 4.07. The van der Waals surface area contributed by atoms with Crippen molar-refractivity contribution in [3.8, 4) is 0 Å². The van der Waals surface area contributed by atoms with Crippen LogP contribution < -0.4 is 5.32 Å². The highest BCUT2D eigenvalue weighted by Crippen LogP contribution is 2.27. The number of amides is 2. The zero-order valence-electron chi connectivity index (χ0n) is 19.8. The highest BCUT2D eigenvalue weighted by molar-refractivity contribution is 7.90. The van der Waals surface area contributed by atoms with Gasteiger partial charge in [0.2, 0.25) is 11.8 Å². The fraction of sp³-hybridized carbons (Fsp3) is 0.348. The van der Waals surface area contributed by atoms with Gasteiger partial charge in [-0.1, -0.05) is 29.3 Å². The largest absolute Gasteiger partial charge is 0.461 e. The minimum absolute atomic E-state index is 0.0333. The van der Waals surface area contributed by atoms with Crippen molar-refractivity contribution in [2.75, 3.05) is 6.54 Å². The minimum Gasteiger partial charge on any atom is -0.461 e. The zero-order valence-corrected chi connectivity index (χ0v) is 21.3. The van der Waals surface area contributed by atoms with Gasteiger partial charge in [0.1, 0.15) is 17.7 Å². The summed E-state index contributed by atoms with van der Waals surface area (Å²) in [5.74, 6) is -1.23. The van der Waals surface area contributed by atoms with Gasteiger partial charge in [-0.15, -0.1) is 0 Å². The maximum absolute atomic E-state index is 13.1. The van der Waals surface area contributed by atoms with E-state index in [4.69, 9.17) is 16.3 Å². The van der Waals surface area contributed by atoms with Crippen molar-refractivity contribution >= 4 is 50.6 Å². The molecular weight excluding hydrogens is 510 g/mol. The van der Waals surface area contributed by atoms with Crippen LogP contribution in [0.1, 0.15) is 31.5 Å². The number of aromatic nitrogens is 3. The number of rotatable bonds is 6. The van der Waals surface area contributed by atoms with Crippen molar-refractivity contribution in [1.29, 1.82) is 0 Å². The van der Waals surface area contributed by atoms with Crippen molar-refractivity contribution in [1.82, 2.24) is 24.2 Å². The minimum atomic E-state index is -3.95. The summed E-state index contributed by atoms with van der Waals surface area (Å²) in [5.41, 5.74) is 1.48. The number of nitrogens with one attached hydrogen (secondary N) is 1. The van der Waals surface area contributed by atoms with E-state index in [-0.39, 0.29) is 46.5 Å². The third-order valence-corrected chi connectivity index (χ3v) is 7.73. The normalized spacial score (nSPS) is 17.8. The predicted molar refractivity (Wildman–Crippen MR) is 129 cm³/mol. The Morgan fingerprint density at radius 3 is 2.53 bits per heavy atom. The molecule has 1 aromatic carbocycles. The Morgan fingerprint density at radius 2 is 1.89 bits per heavy atom. The number of esters is 1. The summed E-state index contributed by atoms with van der Waals surface area (Å²) in [6.07, 6.45) is 2.20. The lowest BCUT2D eigenvalue weighted by molar-refractivity contribution is -0.146. The lowest BCUT2D eigenvalue weighted by Crippen LogP contribution is -2.45. The Morgan fingerprint density at radius 1 is 1.19 bits per heavy atom. The molecule has 3 heterocycles. The quantitative estimate of drug-likeness (QED) is 0.473. The molecule has 4 rings (SSSR count). The highest BCUT2D eigenvalue weighted by atomic mass is 35.5. The molecule has 1 saturated heterocycles. The number of aryl methyl sites for hydroxylation is 1. The molecule has 2 aromatic heterocycles. The van der Waals surface area contributed by atoms with Gasteiger partial charge in [-0.3, -0.25) is 14.4 Å². The molecule has 36 heavy (non-hydrogen) atoms. The van der Waals surface area contributed by atoms with E-state index in [1.54, 1.807) is 12.1 Å². The second kappa shape index (κ2) is 9.86. The van der Waals surface area contributed by atoms with Crippen LogP contribution in [0, 0.1) is 6.92 Å². The molecule has 2 atom stereocenters. The summed E-state index contributed by atoms with van der Waals surface area (Å²) in [6, 6.07) is 5.59. The van der Waals surface area contributed by atoms with E-state index in [1.807, 2.05) is 6.92 Å². The van der Waals surface area contributed by atoms with Crippen molar-refractivity contribution in [2.24, 2.45) is 0 Å². The molecule has 1 fully saturated rings. The SMILES string of the molecule is CC(=O)O[C@@H]1C[C@H](C(=O)NCc2cnc3c(n2)c(Cl)cn3S(=O)(=O)c2ccc(C)cc2)N(C(C)=O)C1. The van der Waals surface area contributed by atoms with Crippen LogP contribution >= 0.6 is 11.6 Å². The summed E-state index contributed by atoms with van der Waals surface area (Å²) in [7, 11) is -3.95. The number of ether oxygens (including phenoxy) is 1. The van der Waals surface area contributed by atoms with Gasteiger partial charge >= 0.3 is 5.97 Å². The van der Waals surface area contributed by atoms with Crippen LogP contribution in [0.4, 0.5) is 0 Å². The number of carbonyl (C=O) groups excluding carboxylic acids is 3. The average molecular weight is 534 g/mol. The number of hydrogen-bond donors (Lipinski definition) is 1. The van der Waals surface area contributed by atoms with Crippen molar-refractivity contribution < 1.29 is 27.5 Å². The smallest absolute Gasteiger partial charge is 0.302 e. The first-order valence-corrected chi connectivity index (χ1v) is 12.9. The molecule has 11 nitrogen and oxygen atoms in total. The molecule has 1 aliphatic rings. The van der Waals surface area contributed by atoms with E-state index in [9.17, 15) is 22.8 Å². The number of fused-ring (bicyclic) bond motifs is 1. The number of halogens is 1. The third-order valence-electron chi connectivity index (χ3n) is 5.79. The topological polar surface area (TPSA) is 141 Å². The van der Waals surface area contributed by atoms with E-state index < -0.39 is 34.0 Å². The van der Waals surface area contributed by atoms with Gasteiger partial charge in [-0.2, -0.15) is 0 Å². The van der Waals surface area contributed by atoms with Gasteiger partial charge in [-0.25, -0.2) is 22.4 Å². The summed E-state index contributed by atoms with van der Waals surface area (Å²) in [5, 5.41) is 2.80. The van der Waals surface area contributed by atoms with E-state index in [0.29, 0.717) is 5.69 Å². The molecule has 0 radical (unpaired) electrons. The summed E-state index contributed by atoms with van der Waals surface area (Å²) < 4.78 is 32.4. The van der Waals surface area contributed by atoms with E-state index in [2.05, 4.69) is 15.3 Å². The second-order valence-corrected chi connectivity index (χ2v) is 10.7. The van der Waals surface area contributed by atoms with Crippen LogP contribution in [0.3, 0.4) is 0 Å². The number of likely N-dealkylation sites (tertiary alicyclic amines) is 1. The molecule has 13 heteroatoms. The van der Waals surface area contributed by atoms with Gasteiger partial charge in [0, 0.05) is 26.5 Å². The van der Waals surface area contributed by atoms with Gasteiger partial charge < -0.3 is 15.0 Å². The lowest BCUT2D eigenvalue weighted by atomic mass is 10.2. The number of hydrogen-bond acceptors (Lipinski definition) is 8. The lowest BCUT2D eigenvalue weighted by Gasteiger charge is -2.21. The first kappa shape index (κ1) is 25.6. The molecule has 1 aliphatic heterocycles. The predicted octanol–water partition coefficient (Wildman–Crippen LogP) is 1.80. The van der Waals surface area contributed by atoms with Crippen LogP contribution in [0.15, 0.2) is 41.6 Å². The Bertz CT molecular complexity index is 1450. The van der Waals surface area contributed by atoms with Gasteiger partial charge in [0.05, 0.1) is 34.9 Å². The number of carbonyl (C=O) groups is 3. The van der Waals surface area contributed by atoms with Crippen molar-refractivity contribution in [3.63, 3.8) is 0 Å². The maximum atomic E-state index is 13.1. The van der Waals surface area contributed by atoms with Crippen LogP contribution in [-0.4, -0.2) is 63.7 Å². The molecule has 0 unspecified atom stereocenters. The maximum Gasteiger partial charge on any atom is 0.302 e. The molecular formula is C23H24ClN5O6S. The Balaban J connectivity index is 1.52. The Labute approximate surface area is 212 Å². The van der Waals surface area contributed by atoms with Crippen LogP contribution in [0.2, 0.25) is 5.02 Å². The van der Waals surface area contributed by atoms with E-state index in [1.165, 1.54) is 43.3 Å². The van der Waals surface area contributed by atoms with Crippen LogP contribution in [-0.2, 0) is 35.7 Å². The standard InChI is InChI=1S/C23H24ClN5O6S/c1-13-4-6-18(7-5-13)36(33,34)29-12-19(24)21-22(29)25-9-16(27-21)10-26-23(32)20-8-17(35-15(3)31)11-28(20)14(2)30/h4-7,9,12,17,20H,8,10-11H2,1-3H3,(H,26,32)/t17-,20-/m1/s1.